The van der Waals surface area contributed by atoms with E-state index in [-0.39, 0.29) is 23.4 Å². The van der Waals surface area contributed by atoms with Gasteiger partial charge in [0.25, 0.3) is 5.91 Å². The maximum atomic E-state index is 13.0. The van der Waals surface area contributed by atoms with Crippen LogP contribution >= 0.6 is 0 Å². The van der Waals surface area contributed by atoms with Gasteiger partial charge in [0.2, 0.25) is 10.0 Å². The topological polar surface area (TPSA) is 79.6 Å². The number of rotatable bonds is 8. The molecule has 2 aromatic carbocycles. The first-order chi connectivity index (χ1) is 14.0. The molecule has 150 valence electrons. The quantitative estimate of drug-likeness (QED) is 0.616. The molecule has 7 heteroatoms. The number of sulfonamides is 1. The van der Waals surface area contributed by atoms with Crippen molar-refractivity contribution in [3.63, 3.8) is 0 Å². The highest BCUT2D eigenvalue weighted by molar-refractivity contribution is 7.89. The van der Waals surface area contributed by atoms with Gasteiger partial charge in [-0.3, -0.25) is 4.79 Å². The molecule has 1 amide bonds. The van der Waals surface area contributed by atoms with E-state index in [9.17, 15) is 13.2 Å². The van der Waals surface area contributed by atoms with Crippen LogP contribution in [0.15, 0.2) is 82.3 Å². The first kappa shape index (κ1) is 19.4. The Kier molecular flexibility index (Phi) is 5.51. The number of hydrogen-bond donors (Lipinski definition) is 1. The highest BCUT2D eigenvalue weighted by Gasteiger charge is 2.33. The van der Waals surface area contributed by atoms with Crippen LogP contribution in [0.5, 0.6) is 0 Å². The lowest BCUT2D eigenvalue weighted by molar-refractivity contribution is 0.0730. The van der Waals surface area contributed by atoms with Gasteiger partial charge in [-0.05, 0) is 54.8 Å². The van der Waals surface area contributed by atoms with E-state index in [0.29, 0.717) is 17.9 Å². The van der Waals surface area contributed by atoms with E-state index in [2.05, 4.69) is 4.72 Å². The summed E-state index contributed by atoms with van der Waals surface area (Å²) < 4.78 is 32.5. The molecule has 1 N–H and O–H groups in total. The molecular weight excluding hydrogens is 388 g/mol. The SMILES string of the molecule is O=C(c1ccc(S(=O)(=O)NCc2ccco2)cc1)N(Cc1ccccc1)C1CC1. The number of nitrogens with one attached hydrogen (secondary N) is 1. The zero-order valence-corrected chi connectivity index (χ0v) is 16.6. The minimum Gasteiger partial charge on any atom is -0.468 e. The molecule has 29 heavy (non-hydrogen) atoms. The van der Waals surface area contributed by atoms with Crippen molar-refractivity contribution in [2.75, 3.05) is 0 Å². The summed E-state index contributed by atoms with van der Waals surface area (Å²) in [6.45, 7) is 0.623. The van der Waals surface area contributed by atoms with E-state index < -0.39 is 10.0 Å². The highest BCUT2D eigenvalue weighted by Crippen LogP contribution is 2.30. The van der Waals surface area contributed by atoms with Crippen LogP contribution in [0.1, 0.15) is 34.5 Å². The Hall–Kier alpha value is -2.90. The maximum absolute atomic E-state index is 13.0. The van der Waals surface area contributed by atoms with Gasteiger partial charge >= 0.3 is 0 Å². The predicted octanol–water partition coefficient (Wildman–Crippen LogP) is 3.56. The molecule has 0 saturated heterocycles. The van der Waals surface area contributed by atoms with Gasteiger partial charge in [0, 0.05) is 18.2 Å². The molecule has 4 rings (SSSR count). The molecule has 1 saturated carbocycles. The zero-order chi connectivity index (χ0) is 20.3. The molecular formula is C22H22N2O4S. The van der Waals surface area contributed by atoms with Crippen molar-refractivity contribution in [2.45, 2.75) is 36.9 Å². The lowest BCUT2D eigenvalue weighted by atomic mass is 10.1. The molecule has 0 atom stereocenters. The number of carbonyl (C=O) groups excluding carboxylic acids is 1. The summed E-state index contributed by atoms with van der Waals surface area (Å²) in [6, 6.07) is 19.6. The lowest BCUT2D eigenvalue weighted by Crippen LogP contribution is -2.32. The third-order valence-corrected chi connectivity index (χ3v) is 6.29. The van der Waals surface area contributed by atoms with Crippen LogP contribution in [-0.2, 0) is 23.1 Å². The van der Waals surface area contributed by atoms with Gasteiger partial charge in [-0.1, -0.05) is 30.3 Å². The predicted molar refractivity (Wildman–Crippen MR) is 109 cm³/mol. The molecule has 1 heterocycles. The summed E-state index contributed by atoms with van der Waals surface area (Å²) in [5.74, 6) is 0.449. The molecule has 1 aliphatic rings. The van der Waals surface area contributed by atoms with Crippen LogP contribution < -0.4 is 4.72 Å². The monoisotopic (exact) mass is 410 g/mol. The van der Waals surface area contributed by atoms with Crippen molar-refractivity contribution in [2.24, 2.45) is 0 Å². The van der Waals surface area contributed by atoms with Gasteiger partial charge < -0.3 is 9.32 Å². The first-order valence-electron chi connectivity index (χ1n) is 9.50. The van der Waals surface area contributed by atoms with Crippen LogP contribution in [0, 0.1) is 0 Å². The van der Waals surface area contributed by atoms with Crippen molar-refractivity contribution in [3.8, 4) is 0 Å². The maximum Gasteiger partial charge on any atom is 0.254 e. The molecule has 0 unspecified atom stereocenters. The minimum atomic E-state index is -3.69. The fourth-order valence-corrected chi connectivity index (χ4v) is 4.13. The van der Waals surface area contributed by atoms with Gasteiger partial charge in [0.05, 0.1) is 17.7 Å². The van der Waals surface area contributed by atoms with Crippen LogP contribution in [-0.4, -0.2) is 25.3 Å². The molecule has 0 spiro atoms. The van der Waals surface area contributed by atoms with E-state index in [1.807, 2.05) is 35.2 Å². The Morgan fingerprint density at radius 3 is 2.34 bits per heavy atom. The highest BCUT2D eigenvalue weighted by atomic mass is 32.2. The van der Waals surface area contributed by atoms with Crippen LogP contribution in [0.4, 0.5) is 0 Å². The third kappa shape index (κ3) is 4.75. The lowest BCUT2D eigenvalue weighted by Gasteiger charge is -2.23. The molecule has 6 nitrogen and oxygen atoms in total. The van der Waals surface area contributed by atoms with E-state index in [1.165, 1.54) is 18.4 Å². The summed E-state index contributed by atoms with van der Waals surface area (Å²) >= 11 is 0. The second-order valence-corrected chi connectivity index (χ2v) is 8.85. The summed E-state index contributed by atoms with van der Waals surface area (Å²) in [6.07, 6.45) is 3.49. The Balaban J connectivity index is 1.46. The zero-order valence-electron chi connectivity index (χ0n) is 15.8. The second-order valence-electron chi connectivity index (χ2n) is 7.08. The van der Waals surface area contributed by atoms with Crippen LogP contribution in [0.25, 0.3) is 0 Å². The molecule has 0 aliphatic heterocycles. The number of carbonyl (C=O) groups is 1. The molecule has 1 aromatic heterocycles. The Labute approximate surface area is 170 Å². The van der Waals surface area contributed by atoms with Crippen LogP contribution in [0.2, 0.25) is 0 Å². The Bertz CT molecular complexity index is 1060. The smallest absolute Gasteiger partial charge is 0.254 e. The van der Waals surface area contributed by atoms with E-state index in [0.717, 1.165) is 18.4 Å². The molecule has 1 fully saturated rings. The average Bonchev–Trinajstić information content (AvgIpc) is 3.45. The fourth-order valence-electron chi connectivity index (χ4n) is 3.14. The summed E-state index contributed by atoms with van der Waals surface area (Å²) in [5, 5.41) is 0. The number of furan rings is 1. The van der Waals surface area contributed by atoms with Crippen molar-refractivity contribution in [1.29, 1.82) is 0 Å². The Morgan fingerprint density at radius 2 is 1.72 bits per heavy atom. The third-order valence-electron chi connectivity index (χ3n) is 4.87. The summed E-state index contributed by atoms with van der Waals surface area (Å²) in [5.41, 5.74) is 1.56. The van der Waals surface area contributed by atoms with Crippen molar-refractivity contribution in [1.82, 2.24) is 9.62 Å². The molecule has 0 bridgehead atoms. The summed E-state index contributed by atoms with van der Waals surface area (Å²) in [4.78, 5) is 15.0. The minimum absolute atomic E-state index is 0.0720. The van der Waals surface area contributed by atoms with E-state index in [1.54, 1.807) is 24.3 Å². The van der Waals surface area contributed by atoms with Gasteiger partial charge in [0.1, 0.15) is 5.76 Å². The van der Waals surface area contributed by atoms with Crippen LogP contribution in [0.3, 0.4) is 0 Å². The van der Waals surface area contributed by atoms with Gasteiger partial charge in [-0.15, -0.1) is 0 Å². The standard InChI is InChI=1S/C22H22N2O4S/c25-22(24(19-10-11-19)16-17-5-2-1-3-6-17)18-8-12-21(13-9-18)29(26,27)23-15-20-7-4-14-28-20/h1-9,12-14,19,23H,10-11,15-16H2. The number of nitrogens with zero attached hydrogens (tertiary/aromatic N) is 1. The van der Waals surface area contributed by atoms with Crippen molar-refractivity contribution >= 4 is 15.9 Å². The second kappa shape index (κ2) is 8.23. The molecule has 1 aliphatic carbocycles. The van der Waals surface area contributed by atoms with Crippen molar-refractivity contribution in [3.05, 3.63) is 89.9 Å². The molecule has 3 aromatic rings. The van der Waals surface area contributed by atoms with Gasteiger partial charge in [-0.2, -0.15) is 0 Å². The van der Waals surface area contributed by atoms with Gasteiger partial charge in [-0.25, -0.2) is 13.1 Å². The average molecular weight is 410 g/mol. The summed E-state index contributed by atoms with van der Waals surface area (Å²) in [7, 11) is -3.69. The fraction of sp³-hybridized carbons (Fsp3) is 0.227. The number of amides is 1. The largest absolute Gasteiger partial charge is 0.468 e. The van der Waals surface area contributed by atoms with Crippen molar-refractivity contribution < 1.29 is 17.6 Å². The number of benzene rings is 2. The Morgan fingerprint density at radius 1 is 1.00 bits per heavy atom. The van der Waals surface area contributed by atoms with Gasteiger partial charge in [0.15, 0.2) is 0 Å². The molecule has 0 radical (unpaired) electrons. The normalized spacial score (nSPS) is 13.9. The van der Waals surface area contributed by atoms with E-state index >= 15 is 0 Å². The first-order valence-corrected chi connectivity index (χ1v) is 11.0. The number of hydrogen-bond acceptors (Lipinski definition) is 4. The van der Waals surface area contributed by atoms with E-state index in [4.69, 9.17) is 4.42 Å².